The van der Waals surface area contributed by atoms with Crippen LogP contribution in [-0.4, -0.2) is 23.0 Å². The Bertz CT molecular complexity index is 2590. The molecule has 0 N–H and O–H groups in total. The second kappa shape index (κ2) is 15.5. The molecule has 10 unspecified atom stereocenters. The standard InChI is InChI=1S/C59H59N3/c1-40-29-34-50-49-25-13-14-27-53(49)62(54(50)36-40)57-44(39-60)18-17-26-48(57)42-30-32-43(33-31-42)51-38-52-55(37-41(51)2)61(47-23-11-6-12-24-47)56-28-15-16-35-58(56,3)59(52,45-19-7-4-8-20-45)46-21-9-5-10-22-46/h4-14,16-17,19-21,23-27,29-35,38,40-41,44,46,49-50,53-54,56H,15,18,22,28,36-37H2,1-3H3/t40?,41?,44?,46?,49?,50?,53?,54?,56?,58-,59?/m0/s1. The van der Waals surface area contributed by atoms with Gasteiger partial charge in [-0.25, -0.2) is 0 Å². The van der Waals surface area contributed by atoms with Crippen molar-refractivity contribution in [3.05, 3.63) is 210 Å². The molecule has 0 amide bonds. The molecule has 1 saturated heterocycles. The predicted octanol–water partition coefficient (Wildman–Crippen LogP) is 13.5. The molecule has 3 aromatic rings. The van der Waals surface area contributed by atoms with Crippen LogP contribution in [0.4, 0.5) is 5.69 Å². The summed E-state index contributed by atoms with van der Waals surface area (Å²) in [6.07, 6.45) is 42.0. The highest BCUT2D eigenvalue weighted by Crippen LogP contribution is 2.65. The van der Waals surface area contributed by atoms with E-state index in [4.69, 9.17) is 0 Å². The minimum atomic E-state index is -0.290. The van der Waals surface area contributed by atoms with E-state index >= 15 is 0 Å². The Morgan fingerprint density at radius 1 is 0.742 bits per heavy atom. The van der Waals surface area contributed by atoms with Crippen molar-refractivity contribution in [1.82, 2.24) is 4.90 Å². The fraction of sp³-hybridized carbons (Fsp3) is 0.339. The largest absolute Gasteiger partial charge is 0.363 e. The number of nitriles is 1. The first-order valence-corrected chi connectivity index (χ1v) is 23.5. The van der Waals surface area contributed by atoms with Crippen LogP contribution in [0.15, 0.2) is 193 Å². The summed E-state index contributed by atoms with van der Waals surface area (Å²) in [7, 11) is 0. The fourth-order valence-corrected chi connectivity index (χ4v) is 13.7. The lowest BCUT2D eigenvalue weighted by Gasteiger charge is -2.64. The second-order valence-corrected chi connectivity index (χ2v) is 19.6. The highest BCUT2D eigenvalue weighted by atomic mass is 15.2. The molecule has 6 aliphatic carbocycles. The highest BCUT2D eigenvalue weighted by Gasteiger charge is 2.63. The molecule has 0 saturated carbocycles. The number of hydrogen-bond acceptors (Lipinski definition) is 3. The molecule has 11 atom stereocenters. The van der Waals surface area contributed by atoms with Crippen molar-refractivity contribution in [3.8, 4) is 6.07 Å². The number of allylic oxidation sites excluding steroid dienone is 16. The van der Waals surface area contributed by atoms with E-state index in [2.05, 4.69) is 213 Å². The van der Waals surface area contributed by atoms with Gasteiger partial charge in [0.05, 0.1) is 18.0 Å². The molecule has 310 valence electrons. The molecule has 0 spiro atoms. The first kappa shape index (κ1) is 39.0. The van der Waals surface area contributed by atoms with Crippen molar-refractivity contribution in [2.45, 2.75) is 82.8 Å². The molecule has 3 aromatic carbocycles. The zero-order valence-corrected chi connectivity index (χ0v) is 36.5. The third-order valence-electron chi connectivity index (χ3n) is 16.3. The Morgan fingerprint density at radius 3 is 2.27 bits per heavy atom. The second-order valence-electron chi connectivity index (χ2n) is 19.6. The first-order valence-electron chi connectivity index (χ1n) is 23.5. The Kier molecular flexibility index (Phi) is 9.76. The van der Waals surface area contributed by atoms with Gasteiger partial charge in [-0.15, -0.1) is 0 Å². The van der Waals surface area contributed by atoms with Gasteiger partial charge >= 0.3 is 0 Å². The van der Waals surface area contributed by atoms with E-state index in [0.29, 0.717) is 41.7 Å². The Labute approximate surface area is 369 Å². The van der Waals surface area contributed by atoms with Crippen molar-refractivity contribution in [1.29, 1.82) is 5.26 Å². The molecule has 1 fully saturated rings. The number of anilines is 1. The van der Waals surface area contributed by atoms with Crippen molar-refractivity contribution in [2.75, 3.05) is 4.90 Å². The molecule has 3 nitrogen and oxygen atoms in total. The summed E-state index contributed by atoms with van der Waals surface area (Å²) in [6.45, 7) is 7.38. The van der Waals surface area contributed by atoms with Crippen LogP contribution in [0.25, 0.3) is 11.1 Å². The van der Waals surface area contributed by atoms with Crippen LogP contribution in [0.3, 0.4) is 0 Å². The topological polar surface area (TPSA) is 30.3 Å². The van der Waals surface area contributed by atoms with Crippen molar-refractivity contribution >= 4 is 16.8 Å². The van der Waals surface area contributed by atoms with E-state index in [9.17, 15) is 5.26 Å². The summed E-state index contributed by atoms with van der Waals surface area (Å²) < 4.78 is 0. The zero-order valence-electron chi connectivity index (χ0n) is 36.5. The van der Waals surface area contributed by atoms with Gasteiger partial charge in [0.25, 0.3) is 0 Å². The highest BCUT2D eigenvalue weighted by molar-refractivity contribution is 5.82. The number of rotatable bonds is 6. The van der Waals surface area contributed by atoms with Gasteiger partial charge in [-0.2, -0.15) is 5.26 Å². The third-order valence-corrected chi connectivity index (χ3v) is 16.3. The lowest BCUT2D eigenvalue weighted by atomic mass is 9.44. The van der Waals surface area contributed by atoms with Gasteiger partial charge in [0, 0.05) is 57.4 Å². The van der Waals surface area contributed by atoms with Crippen LogP contribution in [-0.2, 0) is 5.41 Å². The maximum Gasteiger partial charge on any atom is 0.0902 e. The lowest BCUT2D eigenvalue weighted by molar-refractivity contribution is 0.116. The number of benzene rings is 3. The van der Waals surface area contributed by atoms with Gasteiger partial charge in [0.15, 0.2) is 0 Å². The van der Waals surface area contributed by atoms with E-state index in [1.807, 2.05) is 0 Å². The molecule has 0 radical (unpaired) electrons. The number of fused-ring (bicyclic) bond motifs is 4. The summed E-state index contributed by atoms with van der Waals surface area (Å²) >= 11 is 0. The Hall–Kier alpha value is -5.85. The van der Waals surface area contributed by atoms with Gasteiger partial charge in [-0.1, -0.05) is 185 Å². The summed E-state index contributed by atoms with van der Waals surface area (Å²) in [4.78, 5) is 5.47. The number of likely N-dealkylation sites (tertiary alicyclic amines) is 1. The summed E-state index contributed by atoms with van der Waals surface area (Å²) in [5.74, 6) is 1.85. The van der Waals surface area contributed by atoms with E-state index in [-0.39, 0.29) is 22.8 Å². The molecule has 62 heavy (non-hydrogen) atoms. The minimum Gasteiger partial charge on any atom is -0.363 e. The lowest BCUT2D eigenvalue weighted by Crippen LogP contribution is -2.64. The maximum absolute atomic E-state index is 10.8. The smallest absolute Gasteiger partial charge is 0.0902 e. The summed E-state index contributed by atoms with van der Waals surface area (Å²) in [5, 5.41) is 10.8. The van der Waals surface area contributed by atoms with Crippen molar-refractivity contribution < 1.29 is 0 Å². The van der Waals surface area contributed by atoms with Gasteiger partial charge in [0.1, 0.15) is 0 Å². The molecule has 2 heterocycles. The maximum atomic E-state index is 10.8. The monoisotopic (exact) mass is 809 g/mol. The van der Waals surface area contributed by atoms with Crippen molar-refractivity contribution in [2.24, 2.45) is 40.9 Å². The van der Waals surface area contributed by atoms with E-state index in [0.717, 1.165) is 38.5 Å². The van der Waals surface area contributed by atoms with Gasteiger partial charge in [-0.3, -0.25) is 0 Å². The quantitative estimate of drug-likeness (QED) is 0.232. The molecule has 3 heteroatoms. The predicted molar refractivity (Wildman–Crippen MR) is 256 cm³/mol. The van der Waals surface area contributed by atoms with Crippen LogP contribution in [0, 0.1) is 52.3 Å². The average molecular weight is 810 g/mol. The SMILES string of the molecule is CC1C=CC2C3C=CC=CC3N(C3=C(c4ccc(C5=CC6=C(CC5C)N(c5ccccc5)C5CCC=C[C@]5(C)C6(c5ccccc5)C5C=CC=CC5)cc4)C=CCC3C#N)C2C1. The van der Waals surface area contributed by atoms with Crippen LogP contribution in [0.1, 0.15) is 76.0 Å². The number of para-hydroxylation sites is 1. The van der Waals surface area contributed by atoms with Gasteiger partial charge < -0.3 is 9.80 Å². The van der Waals surface area contributed by atoms with Gasteiger partial charge in [-0.05, 0) is 96.2 Å². The van der Waals surface area contributed by atoms with Crippen LogP contribution in [0.2, 0.25) is 0 Å². The molecule has 11 rings (SSSR count). The molecule has 2 aliphatic heterocycles. The zero-order chi connectivity index (χ0) is 42.0. The number of hydrogen-bond donors (Lipinski definition) is 0. The average Bonchev–Trinajstić information content (AvgIpc) is 3.64. The summed E-state index contributed by atoms with van der Waals surface area (Å²) in [6, 6.07) is 36.0. The van der Waals surface area contributed by atoms with Crippen molar-refractivity contribution in [3.63, 3.8) is 0 Å². The van der Waals surface area contributed by atoms with Crippen LogP contribution in [0.5, 0.6) is 0 Å². The van der Waals surface area contributed by atoms with Crippen LogP contribution >= 0.6 is 0 Å². The molecule has 8 aliphatic rings. The minimum absolute atomic E-state index is 0.172. The number of nitrogens with zero attached hydrogens (tertiary/aromatic N) is 3. The molecular formula is C59H59N3. The van der Waals surface area contributed by atoms with Gasteiger partial charge in [0.2, 0.25) is 0 Å². The first-order chi connectivity index (χ1) is 30.4. The Balaban J connectivity index is 1.07. The van der Waals surface area contributed by atoms with Crippen LogP contribution < -0.4 is 4.90 Å². The molecular weight excluding hydrogens is 751 g/mol. The Morgan fingerprint density at radius 2 is 1.50 bits per heavy atom. The molecule has 0 aromatic heterocycles. The summed E-state index contributed by atoms with van der Waals surface area (Å²) in [5.41, 5.74) is 11.5. The van der Waals surface area contributed by atoms with E-state index < -0.39 is 0 Å². The fourth-order valence-electron chi connectivity index (χ4n) is 13.7. The third kappa shape index (κ3) is 5.89. The molecule has 0 bridgehead atoms. The van der Waals surface area contributed by atoms with E-state index in [1.165, 1.54) is 50.5 Å². The van der Waals surface area contributed by atoms with E-state index in [1.54, 1.807) is 0 Å². The normalized spacial score (nSPS) is 35.3.